The van der Waals surface area contributed by atoms with Crippen LogP contribution in [0.25, 0.3) is 0 Å². The average molecular weight is 257 g/mol. The standard InChI is InChI=1S/C15H19N3O/c1-2-6-15(19)16-11-13-7-3-4-8-14(13)12-18-10-5-9-17-18/h3-5,7-10H,2,6,11-12H2,1H3,(H,16,19). The molecule has 0 saturated heterocycles. The van der Waals surface area contributed by atoms with Crippen molar-refractivity contribution in [3.63, 3.8) is 0 Å². The number of benzene rings is 1. The maximum atomic E-state index is 11.5. The number of carbonyl (C=O) groups excluding carboxylic acids is 1. The zero-order chi connectivity index (χ0) is 13.5. The summed E-state index contributed by atoms with van der Waals surface area (Å²) in [7, 11) is 0. The van der Waals surface area contributed by atoms with E-state index < -0.39 is 0 Å². The number of hydrogen-bond acceptors (Lipinski definition) is 2. The van der Waals surface area contributed by atoms with Crippen LogP contribution in [0.3, 0.4) is 0 Å². The van der Waals surface area contributed by atoms with Gasteiger partial charge >= 0.3 is 0 Å². The molecule has 0 saturated carbocycles. The number of hydrogen-bond donors (Lipinski definition) is 1. The largest absolute Gasteiger partial charge is 0.352 e. The minimum atomic E-state index is 0.108. The van der Waals surface area contributed by atoms with Crippen LogP contribution in [0.5, 0.6) is 0 Å². The third kappa shape index (κ3) is 3.95. The first-order chi connectivity index (χ1) is 9.29. The van der Waals surface area contributed by atoms with Crippen LogP contribution in [0.2, 0.25) is 0 Å². The van der Waals surface area contributed by atoms with Crippen molar-refractivity contribution in [3.05, 3.63) is 53.9 Å². The molecule has 0 spiro atoms. The Labute approximate surface area is 113 Å². The highest BCUT2D eigenvalue weighted by Gasteiger charge is 2.05. The normalized spacial score (nSPS) is 10.4. The molecule has 100 valence electrons. The second kappa shape index (κ2) is 6.73. The number of nitrogens with zero attached hydrogens (tertiary/aromatic N) is 2. The maximum Gasteiger partial charge on any atom is 0.220 e. The first-order valence-corrected chi connectivity index (χ1v) is 6.60. The van der Waals surface area contributed by atoms with Crippen molar-refractivity contribution in [2.45, 2.75) is 32.9 Å². The Morgan fingerprint density at radius 1 is 1.26 bits per heavy atom. The highest BCUT2D eigenvalue weighted by Crippen LogP contribution is 2.10. The third-order valence-corrected chi connectivity index (χ3v) is 2.96. The molecule has 0 aliphatic carbocycles. The van der Waals surface area contributed by atoms with Gasteiger partial charge in [0, 0.05) is 25.4 Å². The van der Waals surface area contributed by atoms with Crippen molar-refractivity contribution in [2.75, 3.05) is 0 Å². The van der Waals surface area contributed by atoms with Crippen molar-refractivity contribution in [2.24, 2.45) is 0 Å². The number of nitrogens with one attached hydrogen (secondary N) is 1. The summed E-state index contributed by atoms with van der Waals surface area (Å²) in [5.41, 5.74) is 2.32. The fourth-order valence-electron chi connectivity index (χ4n) is 1.96. The van der Waals surface area contributed by atoms with Crippen LogP contribution in [-0.4, -0.2) is 15.7 Å². The molecule has 1 heterocycles. The second-order valence-corrected chi connectivity index (χ2v) is 4.50. The molecule has 0 unspecified atom stereocenters. The van der Waals surface area contributed by atoms with Gasteiger partial charge in [-0.05, 0) is 23.6 Å². The summed E-state index contributed by atoms with van der Waals surface area (Å²) in [6, 6.07) is 10.0. The SMILES string of the molecule is CCCC(=O)NCc1ccccc1Cn1cccn1. The Morgan fingerprint density at radius 3 is 2.74 bits per heavy atom. The van der Waals surface area contributed by atoms with Gasteiger partial charge in [0.05, 0.1) is 6.54 Å². The molecular formula is C15H19N3O. The summed E-state index contributed by atoms with van der Waals surface area (Å²) < 4.78 is 1.88. The molecule has 0 fully saturated rings. The maximum absolute atomic E-state index is 11.5. The Bertz CT molecular complexity index is 520. The van der Waals surface area contributed by atoms with E-state index in [2.05, 4.69) is 16.5 Å². The van der Waals surface area contributed by atoms with Gasteiger partial charge in [0.15, 0.2) is 0 Å². The van der Waals surface area contributed by atoms with Crippen LogP contribution in [0.15, 0.2) is 42.7 Å². The predicted molar refractivity (Wildman–Crippen MR) is 74.5 cm³/mol. The molecule has 1 aromatic carbocycles. The Hall–Kier alpha value is -2.10. The Morgan fingerprint density at radius 2 is 2.05 bits per heavy atom. The van der Waals surface area contributed by atoms with Crippen molar-refractivity contribution >= 4 is 5.91 Å². The summed E-state index contributed by atoms with van der Waals surface area (Å²) >= 11 is 0. The summed E-state index contributed by atoms with van der Waals surface area (Å²) in [5.74, 6) is 0.108. The summed E-state index contributed by atoms with van der Waals surface area (Å²) in [4.78, 5) is 11.5. The van der Waals surface area contributed by atoms with Gasteiger partial charge < -0.3 is 5.32 Å². The highest BCUT2D eigenvalue weighted by atomic mass is 16.1. The van der Waals surface area contributed by atoms with E-state index in [1.807, 2.05) is 42.1 Å². The molecule has 4 nitrogen and oxygen atoms in total. The van der Waals surface area contributed by atoms with Crippen LogP contribution in [0.4, 0.5) is 0 Å². The lowest BCUT2D eigenvalue weighted by Gasteiger charge is -2.10. The van der Waals surface area contributed by atoms with Crippen LogP contribution < -0.4 is 5.32 Å². The minimum absolute atomic E-state index is 0.108. The quantitative estimate of drug-likeness (QED) is 0.863. The molecule has 1 aromatic heterocycles. The first kappa shape index (κ1) is 13.3. The summed E-state index contributed by atoms with van der Waals surface area (Å²) in [6.07, 6.45) is 5.17. The van der Waals surface area contributed by atoms with Gasteiger partial charge in [-0.2, -0.15) is 5.10 Å². The summed E-state index contributed by atoms with van der Waals surface area (Å²) in [6.45, 7) is 3.31. The number of carbonyl (C=O) groups is 1. The van der Waals surface area contributed by atoms with Crippen LogP contribution in [0.1, 0.15) is 30.9 Å². The minimum Gasteiger partial charge on any atom is -0.352 e. The van der Waals surface area contributed by atoms with Crippen LogP contribution in [0, 0.1) is 0 Å². The molecule has 0 aliphatic rings. The van der Waals surface area contributed by atoms with Crippen molar-refractivity contribution in [3.8, 4) is 0 Å². The molecule has 19 heavy (non-hydrogen) atoms. The topological polar surface area (TPSA) is 46.9 Å². The van der Waals surface area contributed by atoms with Crippen LogP contribution >= 0.6 is 0 Å². The van der Waals surface area contributed by atoms with Gasteiger partial charge in [-0.3, -0.25) is 9.48 Å². The van der Waals surface area contributed by atoms with Crippen molar-refractivity contribution in [1.29, 1.82) is 0 Å². The van der Waals surface area contributed by atoms with Gasteiger partial charge in [-0.1, -0.05) is 31.2 Å². The second-order valence-electron chi connectivity index (χ2n) is 4.50. The fourth-order valence-corrected chi connectivity index (χ4v) is 1.96. The molecule has 2 aromatic rings. The van der Waals surface area contributed by atoms with E-state index in [1.54, 1.807) is 6.20 Å². The third-order valence-electron chi connectivity index (χ3n) is 2.96. The molecule has 2 rings (SSSR count). The van der Waals surface area contributed by atoms with Gasteiger partial charge in [0.1, 0.15) is 0 Å². The van der Waals surface area contributed by atoms with E-state index in [0.717, 1.165) is 18.5 Å². The van der Waals surface area contributed by atoms with E-state index in [9.17, 15) is 4.79 Å². The van der Waals surface area contributed by atoms with Crippen molar-refractivity contribution < 1.29 is 4.79 Å². The smallest absolute Gasteiger partial charge is 0.220 e. The van der Waals surface area contributed by atoms with E-state index in [4.69, 9.17) is 0 Å². The van der Waals surface area contributed by atoms with E-state index in [-0.39, 0.29) is 5.91 Å². The van der Waals surface area contributed by atoms with Crippen LogP contribution in [-0.2, 0) is 17.9 Å². The van der Waals surface area contributed by atoms with E-state index >= 15 is 0 Å². The molecule has 4 heteroatoms. The number of amides is 1. The van der Waals surface area contributed by atoms with Crippen molar-refractivity contribution in [1.82, 2.24) is 15.1 Å². The van der Waals surface area contributed by atoms with Gasteiger partial charge in [-0.15, -0.1) is 0 Å². The lowest BCUT2D eigenvalue weighted by atomic mass is 10.1. The number of aromatic nitrogens is 2. The average Bonchev–Trinajstić information content (AvgIpc) is 2.91. The zero-order valence-electron chi connectivity index (χ0n) is 11.2. The van der Waals surface area contributed by atoms with Gasteiger partial charge in [0.25, 0.3) is 0 Å². The molecule has 0 aliphatic heterocycles. The molecule has 0 radical (unpaired) electrons. The molecular weight excluding hydrogens is 238 g/mol. The summed E-state index contributed by atoms with van der Waals surface area (Å²) in [5, 5.41) is 7.16. The molecule has 1 N–H and O–H groups in total. The monoisotopic (exact) mass is 257 g/mol. The van der Waals surface area contributed by atoms with E-state index in [0.29, 0.717) is 13.0 Å². The van der Waals surface area contributed by atoms with E-state index in [1.165, 1.54) is 5.56 Å². The van der Waals surface area contributed by atoms with Gasteiger partial charge in [0.2, 0.25) is 5.91 Å². The molecule has 0 bridgehead atoms. The molecule has 0 atom stereocenters. The molecule has 1 amide bonds. The zero-order valence-corrected chi connectivity index (χ0v) is 11.2. The first-order valence-electron chi connectivity index (χ1n) is 6.60. The fraction of sp³-hybridized carbons (Fsp3) is 0.333. The Kier molecular flexibility index (Phi) is 4.72. The lowest BCUT2D eigenvalue weighted by molar-refractivity contribution is -0.121. The highest BCUT2D eigenvalue weighted by molar-refractivity contribution is 5.75. The predicted octanol–water partition coefficient (Wildman–Crippen LogP) is 2.35. The van der Waals surface area contributed by atoms with Gasteiger partial charge in [-0.25, -0.2) is 0 Å². The lowest BCUT2D eigenvalue weighted by Crippen LogP contribution is -2.23. The number of rotatable bonds is 6. The Balaban J connectivity index is 2.02.